The van der Waals surface area contributed by atoms with Gasteiger partial charge in [0, 0.05) is 7.05 Å². The van der Waals surface area contributed by atoms with Crippen molar-refractivity contribution < 1.29 is 0 Å². The van der Waals surface area contributed by atoms with Gasteiger partial charge in [-0.2, -0.15) is 0 Å². The Morgan fingerprint density at radius 1 is 1.42 bits per heavy atom. The fourth-order valence-electron chi connectivity index (χ4n) is 1.44. The average molecular weight is 159 g/mol. The van der Waals surface area contributed by atoms with Crippen molar-refractivity contribution in [2.75, 3.05) is 13.6 Å². The van der Waals surface area contributed by atoms with Crippen LogP contribution < -0.4 is 0 Å². The maximum Gasteiger partial charge on any atom is 0.167 e. The topological polar surface area (TPSA) is 15.6 Å². The number of aliphatic imine (C=N–C) groups is 1. The van der Waals surface area contributed by atoms with Gasteiger partial charge in [0.1, 0.15) is 0 Å². The lowest BCUT2D eigenvalue weighted by molar-refractivity contribution is 0.426. The van der Waals surface area contributed by atoms with Crippen LogP contribution in [0.1, 0.15) is 11.6 Å². The van der Waals surface area contributed by atoms with Crippen LogP contribution in [0.25, 0.3) is 0 Å². The fourth-order valence-corrected chi connectivity index (χ4v) is 1.44. The first-order valence-electron chi connectivity index (χ1n) is 4.08. The highest BCUT2D eigenvalue weighted by Gasteiger charge is 2.18. The first kappa shape index (κ1) is 7.35. The van der Waals surface area contributed by atoms with Crippen LogP contribution in [0, 0.1) is 0 Å². The number of nitrogens with zero attached hydrogens (tertiary/aromatic N) is 2. The summed E-state index contributed by atoms with van der Waals surface area (Å²) in [6.45, 7) is 0.834. The van der Waals surface area contributed by atoms with Gasteiger partial charge in [-0.05, 0) is 5.56 Å². The molecule has 61 valence electrons. The molecule has 2 rings (SSSR count). The summed E-state index contributed by atoms with van der Waals surface area (Å²) in [6, 6.07) is 10.8. The molecule has 0 spiro atoms. The van der Waals surface area contributed by atoms with Crippen LogP contribution in [-0.2, 0) is 0 Å². The van der Waals surface area contributed by atoms with Crippen LogP contribution in [-0.4, -0.2) is 24.8 Å². The minimum Gasteiger partial charge on any atom is -0.348 e. The van der Waals surface area contributed by atoms with Gasteiger partial charge < -0.3 is 4.90 Å². The van der Waals surface area contributed by atoms with E-state index in [1.54, 1.807) is 0 Å². The predicted octanol–water partition coefficient (Wildman–Crippen LogP) is 1.58. The average Bonchev–Trinajstić information content (AvgIpc) is 2.53. The largest absolute Gasteiger partial charge is 0.348 e. The highest BCUT2D eigenvalue weighted by atomic mass is 15.2. The van der Waals surface area contributed by atoms with E-state index in [-0.39, 0.29) is 0 Å². The van der Waals surface area contributed by atoms with Crippen molar-refractivity contribution in [1.29, 1.82) is 0 Å². The van der Waals surface area contributed by atoms with E-state index >= 15 is 0 Å². The van der Waals surface area contributed by atoms with Gasteiger partial charge in [0.25, 0.3) is 0 Å². The number of hydrogen-bond donors (Lipinski definition) is 0. The summed E-state index contributed by atoms with van der Waals surface area (Å²) in [5, 5.41) is 0. The first-order chi connectivity index (χ1) is 5.88. The molecule has 0 bridgehead atoms. The second-order valence-corrected chi connectivity index (χ2v) is 2.98. The molecule has 0 fully saturated rings. The van der Waals surface area contributed by atoms with E-state index < -0.39 is 0 Å². The van der Waals surface area contributed by atoms with E-state index in [2.05, 4.69) is 35.6 Å². The summed E-state index contributed by atoms with van der Waals surface area (Å²) in [5.41, 5.74) is 1.31. The van der Waals surface area contributed by atoms with Crippen LogP contribution in [0.5, 0.6) is 0 Å². The van der Waals surface area contributed by atoms with Crippen molar-refractivity contribution in [1.82, 2.24) is 4.90 Å². The van der Waals surface area contributed by atoms with Crippen LogP contribution in [0.3, 0.4) is 0 Å². The minimum absolute atomic E-state index is 0.395. The van der Waals surface area contributed by atoms with Gasteiger partial charge in [-0.1, -0.05) is 30.3 Å². The molecule has 2 heteroatoms. The Hall–Kier alpha value is -1.31. The van der Waals surface area contributed by atoms with Gasteiger partial charge >= 0.3 is 0 Å². The highest BCUT2D eigenvalue weighted by Crippen LogP contribution is 2.21. The lowest BCUT2D eigenvalue weighted by Crippen LogP contribution is -2.19. The third kappa shape index (κ3) is 1.20. The monoisotopic (exact) mass is 159 g/mol. The molecule has 12 heavy (non-hydrogen) atoms. The molecule has 0 amide bonds. The van der Waals surface area contributed by atoms with Crippen molar-refractivity contribution in [2.24, 2.45) is 4.99 Å². The number of benzene rings is 1. The maximum atomic E-state index is 4.10. The van der Waals surface area contributed by atoms with Gasteiger partial charge in [0.05, 0.1) is 12.6 Å². The lowest BCUT2D eigenvalue weighted by atomic mass is 10.1. The van der Waals surface area contributed by atoms with Gasteiger partial charge in [0.2, 0.25) is 0 Å². The Morgan fingerprint density at radius 2 is 2.17 bits per heavy atom. The van der Waals surface area contributed by atoms with Crippen LogP contribution in [0.2, 0.25) is 0 Å². The number of hydrogen-bond acceptors (Lipinski definition) is 2. The molecular weight excluding hydrogens is 148 g/mol. The molecule has 1 radical (unpaired) electrons. The fraction of sp³-hybridized carbons (Fsp3) is 0.300. The van der Waals surface area contributed by atoms with E-state index in [0.717, 1.165) is 6.54 Å². The quantitative estimate of drug-likeness (QED) is 0.607. The smallest absolute Gasteiger partial charge is 0.167 e. The Morgan fingerprint density at radius 3 is 2.75 bits per heavy atom. The summed E-state index contributed by atoms with van der Waals surface area (Å²) < 4.78 is 0. The van der Waals surface area contributed by atoms with Crippen molar-refractivity contribution in [3.05, 3.63) is 35.9 Å². The van der Waals surface area contributed by atoms with Crippen molar-refractivity contribution >= 4 is 6.34 Å². The molecule has 1 aromatic rings. The van der Waals surface area contributed by atoms with Crippen molar-refractivity contribution in [3.8, 4) is 0 Å². The molecule has 2 nitrogen and oxygen atoms in total. The molecule has 1 aliphatic rings. The minimum atomic E-state index is 0.395. The van der Waals surface area contributed by atoms with Gasteiger partial charge in [-0.25, -0.2) is 0 Å². The first-order valence-corrected chi connectivity index (χ1v) is 4.08. The molecular formula is C10H11N2. The molecule has 1 aromatic carbocycles. The van der Waals surface area contributed by atoms with Crippen LogP contribution in [0.15, 0.2) is 35.3 Å². The van der Waals surface area contributed by atoms with E-state index in [0.29, 0.717) is 6.04 Å². The zero-order chi connectivity index (χ0) is 8.39. The zero-order valence-corrected chi connectivity index (χ0v) is 7.07. The van der Waals surface area contributed by atoms with Crippen molar-refractivity contribution in [3.63, 3.8) is 0 Å². The normalized spacial score (nSPS) is 21.8. The molecule has 0 aromatic heterocycles. The van der Waals surface area contributed by atoms with E-state index in [9.17, 15) is 0 Å². The molecule has 0 saturated carbocycles. The maximum absolute atomic E-state index is 4.10. The second kappa shape index (κ2) is 2.97. The molecule has 0 N–H and O–H groups in total. The third-order valence-electron chi connectivity index (χ3n) is 2.14. The van der Waals surface area contributed by atoms with Crippen LogP contribution in [0.4, 0.5) is 0 Å². The molecule has 1 aliphatic heterocycles. The molecule has 0 saturated heterocycles. The number of rotatable bonds is 1. The summed E-state index contributed by atoms with van der Waals surface area (Å²) in [4.78, 5) is 6.12. The summed E-state index contributed by atoms with van der Waals surface area (Å²) >= 11 is 0. The Balaban J connectivity index is 2.22. The Bertz CT molecular complexity index is 279. The predicted molar refractivity (Wildman–Crippen MR) is 49.2 cm³/mol. The third-order valence-corrected chi connectivity index (χ3v) is 2.14. The van der Waals surface area contributed by atoms with Gasteiger partial charge in [-0.3, -0.25) is 4.99 Å². The Labute approximate surface area is 72.5 Å². The summed E-state index contributed by atoms with van der Waals surface area (Å²) in [5.74, 6) is 0. The molecule has 1 heterocycles. The number of likely N-dealkylation sites (N-methyl/N-ethyl adjacent to an activating group) is 1. The molecule has 0 unspecified atom stereocenters. The van der Waals surface area contributed by atoms with Crippen molar-refractivity contribution in [2.45, 2.75) is 6.04 Å². The second-order valence-electron chi connectivity index (χ2n) is 2.98. The van der Waals surface area contributed by atoms with Crippen LogP contribution >= 0.6 is 0 Å². The van der Waals surface area contributed by atoms with Gasteiger partial charge in [-0.15, -0.1) is 0 Å². The van der Waals surface area contributed by atoms with E-state index in [4.69, 9.17) is 0 Å². The SMILES string of the molecule is CN1[C]=NC[C@H]1c1ccccc1. The molecule has 0 aliphatic carbocycles. The zero-order valence-electron chi connectivity index (χ0n) is 7.07. The van der Waals surface area contributed by atoms with E-state index in [1.807, 2.05) is 18.0 Å². The standard InChI is InChI=1S/C10H11N2/c1-12-8-11-7-10(12)9-5-3-2-4-6-9/h2-6,10H,7H2,1H3/t10-/m0/s1. The lowest BCUT2D eigenvalue weighted by Gasteiger charge is -2.18. The summed E-state index contributed by atoms with van der Waals surface area (Å²) in [6.07, 6.45) is 2.93. The summed E-state index contributed by atoms with van der Waals surface area (Å²) in [7, 11) is 2.01. The van der Waals surface area contributed by atoms with Gasteiger partial charge in [0.15, 0.2) is 6.34 Å². The van der Waals surface area contributed by atoms with E-state index in [1.165, 1.54) is 5.56 Å². The molecule has 1 atom stereocenters. The highest BCUT2D eigenvalue weighted by molar-refractivity contribution is 5.58. The Kier molecular flexibility index (Phi) is 1.82.